The van der Waals surface area contributed by atoms with E-state index < -0.39 is 18.1 Å². The predicted octanol–water partition coefficient (Wildman–Crippen LogP) is 1.22. The molecular formula is C13H18N2O4. The third-order valence-corrected chi connectivity index (χ3v) is 2.74. The molecule has 0 saturated heterocycles. The molecule has 1 atom stereocenters. The van der Waals surface area contributed by atoms with Crippen molar-refractivity contribution >= 4 is 17.6 Å². The molecule has 0 aliphatic rings. The van der Waals surface area contributed by atoms with Crippen molar-refractivity contribution < 1.29 is 19.4 Å². The minimum absolute atomic E-state index is 0.296. The first kappa shape index (κ1) is 15.0. The number of nitrogens with two attached hydrogens (primary N) is 1. The number of anilines is 1. The molecule has 0 radical (unpaired) electrons. The molecule has 1 unspecified atom stereocenters. The zero-order chi connectivity index (χ0) is 14.5. The van der Waals surface area contributed by atoms with Crippen LogP contribution in [0.2, 0.25) is 0 Å². The van der Waals surface area contributed by atoms with E-state index in [0.717, 1.165) is 0 Å². The van der Waals surface area contributed by atoms with E-state index in [-0.39, 0.29) is 5.91 Å². The van der Waals surface area contributed by atoms with Crippen LogP contribution in [0.1, 0.15) is 20.3 Å². The van der Waals surface area contributed by atoms with Gasteiger partial charge in [0.15, 0.2) is 6.61 Å². The summed E-state index contributed by atoms with van der Waals surface area (Å²) in [6, 6.07) is 6.61. The van der Waals surface area contributed by atoms with E-state index in [1.165, 1.54) is 0 Å². The van der Waals surface area contributed by atoms with Crippen molar-refractivity contribution in [2.24, 2.45) is 5.73 Å². The van der Waals surface area contributed by atoms with Gasteiger partial charge in [-0.3, -0.25) is 4.79 Å². The van der Waals surface area contributed by atoms with Gasteiger partial charge in [0.05, 0.1) is 11.2 Å². The lowest BCUT2D eigenvalue weighted by Gasteiger charge is -2.22. The van der Waals surface area contributed by atoms with Gasteiger partial charge in [-0.15, -0.1) is 0 Å². The molecule has 0 fully saturated rings. The highest BCUT2D eigenvalue weighted by molar-refractivity contribution is 5.98. The van der Waals surface area contributed by atoms with E-state index >= 15 is 0 Å². The van der Waals surface area contributed by atoms with Crippen LogP contribution >= 0.6 is 0 Å². The summed E-state index contributed by atoms with van der Waals surface area (Å²) in [7, 11) is 0. The third-order valence-electron chi connectivity index (χ3n) is 2.74. The molecule has 6 nitrogen and oxygen atoms in total. The Morgan fingerprint density at radius 2 is 2.05 bits per heavy atom. The number of carbonyl (C=O) groups is 2. The second-order valence-electron chi connectivity index (χ2n) is 4.40. The molecule has 0 saturated carbocycles. The van der Waals surface area contributed by atoms with Crippen LogP contribution in [0, 0.1) is 0 Å². The van der Waals surface area contributed by atoms with Crippen molar-refractivity contribution in [3.05, 3.63) is 24.3 Å². The first-order valence-corrected chi connectivity index (χ1v) is 5.90. The maximum atomic E-state index is 11.9. The van der Waals surface area contributed by atoms with Crippen LogP contribution in [-0.2, 0) is 9.59 Å². The minimum atomic E-state index is -1.08. The van der Waals surface area contributed by atoms with Crippen LogP contribution in [0.3, 0.4) is 0 Å². The lowest BCUT2D eigenvalue weighted by molar-refractivity contribution is -0.139. The number of hydrogen-bond donors (Lipinski definition) is 3. The highest BCUT2D eigenvalue weighted by Gasteiger charge is 2.26. The van der Waals surface area contributed by atoms with Crippen molar-refractivity contribution in [1.82, 2.24) is 0 Å². The van der Waals surface area contributed by atoms with Gasteiger partial charge < -0.3 is 20.9 Å². The summed E-state index contributed by atoms with van der Waals surface area (Å²) in [6.45, 7) is 2.97. The Bertz CT molecular complexity index is 471. The van der Waals surface area contributed by atoms with Crippen LogP contribution in [0.15, 0.2) is 24.3 Å². The van der Waals surface area contributed by atoms with Crippen molar-refractivity contribution in [3.63, 3.8) is 0 Å². The summed E-state index contributed by atoms with van der Waals surface area (Å²) in [5, 5.41) is 11.2. The van der Waals surface area contributed by atoms with Gasteiger partial charge in [-0.1, -0.05) is 19.1 Å². The topological polar surface area (TPSA) is 102 Å². The Morgan fingerprint density at radius 1 is 1.42 bits per heavy atom. The number of carbonyl (C=O) groups excluding carboxylic acids is 1. The summed E-state index contributed by atoms with van der Waals surface area (Å²) in [5.74, 6) is -1.13. The Morgan fingerprint density at radius 3 is 2.63 bits per heavy atom. The van der Waals surface area contributed by atoms with Crippen molar-refractivity contribution in [1.29, 1.82) is 0 Å². The van der Waals surface area contributed by atoms with Gasteiger partial charge in [0.25, 0.3) is 0 Å². The second-order valence-corrected chi connectivity index (χ2v) is 4.40. The number of nitrogens with one attached hydrogen (secondary N) is 1. The number of aliphatic carboxylic acids is 1. The van der Waals surface area contributed by atoms with Gasteiger partial charge in [0.1, 0.15) is 5.75 Å². The Kier molecular flexibility index (Phi) is 4.88. The molecule has 1 amide bonds. The molecular weight excluding hydrogens is 248 g/mol. The van der Waals surface area contributed by atoms with Crippen LogP contribution in [0.5, 0.6) is 5.75 Å². The largest absolute Gasteiger partial charge is 0.480 e. The molecule has 0 aliphatic carbocycles. The molecule has 6 heteroatoms. The number of benzene rings is 1. The summed E-state index contributed by atoms with van der Waals surface area (Å²) < 4.78 is 5.09. The number of hydrogen-bond acceptors (Lipinski definition) is 4. The SMILES string of the molecule is CCC(C)(N)C(=O)Nc1ccccc1OCC(=O)O. The Balaban J connectivity index is 2.83. The molecule has 0 heterocycles. The van der Waals surface area contributed by atoms with E-state index in [4.69, 9.17) is 15.6 Å². The van der Waals surface area contributed by atoms with Crippen molar-refractivity contribution in [2.75, 3.05) is 11.9 Å². The molecule has 1 rings (SSSR count). The predicted molar refractivity (Wildman–Crippen MR) is 71.1 cm³/mol. The van der Waals surface area contributed by atoms with E-state index in [1.807, 2.05) is 6.92 Å². The fraction of sp³-hybridized carbons (Fsp3) is 0.385. The number of carboxylic acids is 1. The summed E-state index contributed by atoms with van der Waals surface area (Å²) in [6.07, 6.45) is 0.483. The minimum Gasteiger partial charge on any atom is -0.480 e. The number of para-hydroxylation sites is 2. The second kappa shape index (κ2) is 6.19. The fourth-order valence-corrected chi connectivity index (χ4v) is 1.26. The zero-order valence-electron chi connectivity index (χ0n) is 11.0. The number of carboxylic acid groups (broad SMARTS) is 1. The molecule has 0 aromatic heterocycles. The van der Waals surface area contributed by atoms with Crippen LogP contribution in [0.4, 0.5) is 5.69 Å². The molecule has 4 N–H and O–H groups in total. The monoisotopic (exact) mass is 266 g/mol. The van der Waals surface area contributed by atoms with Gasteiger partial charge in [0, 0.05) is 0 Å². The maximum Gasteiger partial charge on any atom is 0.341 e. The molecule has 0 bridgehead atoms. The normalized spacial score (nSPS) is 13.4. The quantitative estimate of drug-likeness (QED) is 0.718. The maximum absolute atomic E-state index is 11.9. The standard InChI is InChI=1S/C13H18N2O4/c1-3-13(2,14)12(18)15-9-6-4-5-7-10(9)19-8-11(16)17/h4-7H,3,8,14H2,1-2H3,(H,15,18)(H,16,17). The van der Waals surface area contributed by atoms with Gasteiger partial charge in [0.2, 0.25) is 5.91 Å². The first-order chi connectivity index (χ1) is 8.86. The highest BCUT2D eigenvalue weighted by atomic mass is 16.5. The Labute approximate surface area is 111 Å². The number of rotatable bonds is 6. The average Bonchev–Trinajstić information content (AvgIpc) is 2.37. The zero-order valence-corrected chi connectivity index (χ0v) is 11.0. The van der Waals surface area contributed by atoms with Crippen LogP contribution in [0.25, 0.3) is 0 Å². The fourth-order valence-electron chi connectivity index (χ4n) is 1.26. The van der Waals surface area contributed by atoms with E-state index in [9.17, 15) is 9.59 Å². The number of amides is 1. The molecule has 19 heavy (non-hydrogen) atoms. The van der Waals surface area contributed by atoms with Crippen molar-refractivity contribution in [3.8, 4) is 5.75 Å². The average molecular weight is 266 g/mol. The summed E-state index contributed by atoms with van der Waals surface area (Å²) in [4.78, 5) is 22.4. The smallest absolute Gasteiger partial charge is 0.341 e. The van der Waals surface area contributed by atoms with E-state index in [2.05, 4.69) is 5.32 Å². The van der Waals surface area contributed by atoms with Gasteiger partial charge in [-0.25, -0.2) is 4.79 Å². The lowest BCUT2D eigenvalue weighted by Crippen LogP contribution is -2.47. The molecule has 1 aromatic carbocycles. The van der Waals surface area contributed by atoms with E-state index in [0.29, 0.717) is 17.9 Å². The number of ether oxygens (including phenoxy) is 1. The lowest BCUT2D eigenvalue weighted by atomic mass is 9.99. The van der Waals surface area contributed by atoms with Gasteiger partial charge in [-0.05, 0) is 25.5 Å². The van der Waals surface area contributed by atoms with Gasteiger partial charge >= 0.3 is 5.97 Å². The molecule has 1 aromatic rings. The molecule has 0 aliphatic heterocycles. The summed E-state index contributed by atoms with van der Waals surface area (Å²) >= 11 is 0. The van der Waals surface area contributed by atoms with Gasteiger partial charge in [-0.2, -0.15) is 0 Å². The van der Waals surface area contributed by atoms with Crippen LogP contribution in [-0.4, -0.2) is 29.1 Å². The third kappa shape index (κ3) is 4.26. The summed E-state index contributed by atoms with van der Waals surface area (Å²) in [5.41, 5.74) is 5.25. The Hall–Kier alpha value is -2.08. The highest BCUT2D eigenvalue weighted by Crippen LogP contribution is 2.24. The molecule has 0 spiro atoms. The molecule has 104 valence electrons. The van der Waals surface area contributed by atoms with E-state index in [1.54, 1.807) is 31.2 Å². The first-order valence-electron chi connectivity index (χ1n) is 5.90. The van der Waals surface area contributed by atoms with Crippen molar-refractivity contribution in [2.45, 2.75) is 25.8 Å². The van der Waals surface area contributed by atoms with Crippen LogP contribution < -0.4 is 15.8 Å².